The summed E-state index contributed by atoms with van der Waals surface area (Å²) in [7, 11) is 1.70. The highest BCUT2D eigenvalue weighted by Gasteiger charge is 2.42. The van der Waals surface area contributed by atoms with E-state index < -0.39 is 5.92 Å². The van der Waals surface area contributed by atoms with Gasteiger partial charge in [-0.05, 0) is 92.5 Å². The maximum Gasteiger partial charge on any atom is 0.337 e. The molecular weight excluding hydrogens is 524 g/mol. The number of ketones is 1. The van der Waals surface area contributed by atoms with Gasteiger partial charge in [0.2, 0.25) is 0 Å². The number of rotatable bonds is 5. The first-order valence-corrected chi connectivity index (χ1v) is 16.0. The van der Waals surface area contributed by atoms with Gasteiger partial charge in [-0.2, -0.15) is 0 Å². The highest BCUT2D eigenvalue weighted by Crippen LogP contribution is 2.46. The summed E-state index contributed by atoms with van der Waals surface area (Å²) < 4.78 is 11.7. The van der Waals surface area contributed by atoms with Crippen molar-refractivity contribution in [3.05, 3.63) is 82.1 Å². The van der Waals surface area contributed by atoms with Gasteiger partial charge in [-0.15, -0.1) is 0 Å². The van der Waals surface area contributed by atoms with Crippen molar-refractivity contribution in [3.8, 4) is 0 Å². The Morgan fingerprint density at radius 2 is 1.76 bits per heavy atom. The molecule has 3 aliphatic carbocycles. The highest BCUT2D eigenvalue weighted by atomic mass is 16.5. The molecule has 2 N–H and O–H groups in total. The van der Waals surface area contributed by atoms with Crippen molar-refractivity contribution in [3.63, 3.8) is 0 Å². The number of nitrogens with one attached hydrogen (secondary N) is 2. The number of carbonyl (C=O) groups excluding carboxylic acids is 2. The molecule has 2 aromatic rings. The van der Waals surface area contributed by atoms with Crippen LogP contribution in [0.25, 0.3) is 10.9 Å². The molecule has 0 radical (unpaired) electrons. The van der Waals surface area contributed by atoms with Crippen LogP contribution in [0.4, 0.5) is 0 Å². The Bertz CT molecular complexity index is 1400. The molecule has 2 atom stereocenters. The van der Waals surface area contributed by atoms with E-state index in [0.717, 1.165) is 78.6 Å². The monoisotopic (exact) mass is 572 g/mol. The third-order valence-corrected chi connectivity index (χ3v) is 8.66. The smallest absolute Gasteiger partial charge is 0.337 e. The van der Waals surface area contributed by atoms with E-state index in [4.69, 9.17) is 9.47 Å². The first-order valence-electron chi connectivity index (χ1n) is 16.0. The zero-order chi connectivity index (χ0) is 30.2. The van der Waals surface area contributed by atoms with E-state index in [2.05, 4.69) is 34.6 Å². The zero-order valence-electron chi connectivity index (χ0n) is 26.3. The number of aromatic amines is 1. The third kappa shape index (κ3) is 6.43. The summed E-state index contributed by atoms with van der Waals surface area (Å²) in [5.74, 6) is 0.302. The summed E-state index contributed by atoms with van der Waals surface area (Å²) in [4.78, 5) is 31.0. The lowest BCUT2D eigenvalue weighted by atomic mass is 9.70. The Kier molecular flexibility index (Phi) is 10.9. The summed E-state index contributed by atoms with van der Waals surface area (Å²) in [6.45, 7) is 9.94. The van der Waals surface area contributed by atoms with Gasteiger partial charge in [-0.25, -0.2) is 4.79 Å². The minimum atomic E-state index is -0.453. The molecule has 42 heavy (non-hydrogen) atoms. The molecule has 6 rings (SSSR count). The number of dihydropyridines is 1. The first-order chi connectivity index (χ1) is 20.5. The number of fused-ring (bicyclic) bond motifs is 1. The number of hydrogen-bond donors (Lipinski definition) is 2. The van der Waals surface area contributed by atoms with Crippen molar-refractivity contribution in [2.24, 2.45) is 5.92 Å². The molecule has 0 amide bonds. The number of hydrogen-bond acceptors (Lipinski definition) is 5. The van der Waals surface area contributed by atoms with Gasteiger partial charge in [0.1, 0.15) is 11.9 Å². The topological polar surface area (TPSA) is 80.4 Å². The quantitative estimate of drug-likeness (QED) is 0.351. The molecule has 1 saturated carbocycles. The molecule has 1 aromatic carbocycles. The maximum absolute atomic E-state index is 14.0. The molecule has 0 bridgehead atoms. The number of benzene rings is 1. The second kappa shape index (κ2) is 14.6. The van der Waals surface area contributed by atoms with Gasteiger partial charge in [0.15, 0.2) is 5.78 Å². The third-order valence-electron chi connectivity index (χ3n) is 8.66. The lowest BCUT2D eigenvalue weighted by molar-refractivity contribution is -0.146. The highest BCUT2D eigenvalue weighted by molar-refractivity contribution is 6.04. The summed E-state index contributed by atoms with van der Waals surface area (Å²) in [5, 5.41) is 4.60. The Labute approximate surface area is 251 Å². The van der Waals surface area contributed by atoms with Crippen LogP contribution in [0.2, 0.25) is 0 Å². The minimum Gasteiger partial charge on any atom is -0.497 e. The van der Waals surface area contributed by atoms with Crippen LogP contribution in [0, 0.1) is 5.92 Å². The number of aromatic nitrogens is 1. The summed E-state index contributed by atoms with van der Waals surface area (Å²) in [5.41, 5.74) is 6.11. The van der Waals surface area contributed by atoms with Gasteiger partial charge in [-0.1, -0.05) is 52.3 Å². The zero-order valence-corrected chi connectivity index (χ0v) is 26.3. The number of esters is 1. The van der Waals surface area contributed by atoms with E-state index in [1.54, 1.807) is 7.11 Å². The van der Waals surface area contributed by atoms with Crippen molar-refractivity contribution in [1.82, 2.24) is 10.3 Å². The van der Waals surface area contributed by atoms with Crippen LogP contribution in [-0.4, -0.2) is 30.0 Å². The normalized spacial score (nSPS) is 22.5. The lowest BCUT2D eigenvalue weighted by Crippen LogP contribution is -2.37. The molecular formula is C36H48N2O4. The predicted molar refractivity (Wildman–Crippen MR) is 170 cm³/mol. The van der Waals surface area contributed by atoms with Crippen LogP contribution in [0.1, 0.15) is 104 Å². The molecule has 0 spiro atoms. The number of carbonyl (C=O) groups is 2. The molecule has 226 valence electrons. The molecule has 1 aromatic heterocycles. The van der Waals surface area contributed by atoms with Crippen molar-refractivity contribution in [2.45, 2.75) is 104 Å². The molecule has 1 fully saturated rings. The fourth-order valence-electron chi connectivity index (χ4n) is 6.80. The van der Waals surface area contributed by atoms with Crippen LogP contribution < -0.4 is 5.32 Å². The van der Waals surface area contributed by atoms with Gasteiger partial charge in [-0.3, -0.25) is 4.79 Å². The number of methoxy groups -OCH3 is 1. The molecule has 6 heteroatoms. The number of Topliss-reactive ketones (excluding diaryl/α,β-unsaturated/α-hetero) is 1. The SMILES string of the molecule is CC.CC.COC1=C(C2CC(=O)C3=C(C2)NC(C)=C(C(=O)OC2CCCCC2)C3c2ccc3cc[nH]c3c2)CCC=C1. The molecule has 2 heterocycles. The fraction of sp³-hybridized carbons (Fsp3) is 0.500. The Morgan fingerprint density at radius 1 is 1.00 bits per heavy atom. The van der Waals surface area contributed by atoms with Crippen molar-refractivity contribution < 1.29 is 19.1 Å². The van der Waals surface area contributed by atoms with Crippen molar-refractivity contribution in [1.29, 1.82) is 0 Å². The number of H-pyrrole nitrogens is 1. The van der Waals surface area contributed by atoms with Crippen LogP contribution in [-0.2, 0) is 19.1 Å². The van der Waals surface area contributed by atoms with E-state index in [9.17, 15) is 9.59 Å². The average Bonchev–Trinajstić information content (AvgIpc) is 3.51. The van der Waals surface area contributed by atoms with Crippen LogP contribution >= 0.6 is 0 Å². The largest absolute Gasteiger partial charge is 0.497 e. The minimum absolute atomic E-state index is 0.0522. The van der Waals surface area contributed by atoms with E-state index in [1.807, 2.05) is 53.0 Å². The first kappa shape index (κ1) is 31.4. The van der Waals surface area contributed by atoms with Crippen molar-refractivity contribution >= 4 is 22.7 Å². The van der Waals surface area contributed by atoms with Gasteiger partial charge >= 0.3 is 5.97 Å². The second-order valence-electron chi connectivity index (χ2n) is 11.0. The Hall–Kier alpha value is -3.54. The standard InChI is InChI=1S/C32H36N2O4.2C2H6/c1-19-29(32(36)38-23-8-4-3-5-9-23)30(21-13-12-20-14-15-33-25(20)16-21)31-26(34-19)17-22(18-27(31)35)24-10-6-7-11-28(24)37-2;2*1-2/h7,11-16,22-23,30,33-34H,3-6,8-10,17-18H2,1-2H3;2*1-2H3. The predicted octanol–water partition coefficient (Wildman–Crippen LogP) is 8.54. The van der Waals surface area contributed by atoms with E-state index in [1.165, 1.54) is 12.0 Å². The summed E-state index contributed by atoms with van der Waals surface area (Å²) in [6, 6.07) is 8.22. The van der Waals surface area contributed by atoms with Crippen LogP contribution in [0.15, 0.2) is 76.5 Å². The lowest BCUT2D eigenvalue weighted by Gasteiger charge is -2.38. The number of allylic oxidation sites excluding steroid dienone is 6. The summed E-state index contributed by atoms with van der Waals surface area (Å²) in [6.07, 6.45) is 14.2. The molecule has 1 aliphatic heterocycles. The van der Waals surface area contributed by atoms with Crippen LogP contribution in [0.5, 0.6) is 0 Å². The van der Waals surface area contributed by atoms with Crippen molar-refractivity contribution in [2.75, 3.05) is 7.11 Å². The van der Waals surface area contributed by atoms with Gasteiger partial charge in [0, 0.05) is 41.0 Å². The van der Waals surface area contributed by atoms with E-state index >= 15 is 0 Å². The van der Waals surface area contributed by atoms with E-state index in [-0.39, 0.29) is 23.8 Å². The second-order valence-corrected chi connectivity index (χ2v) is 11.0. The average molecular weight is 573 g/mol. The van der Waals surface area contributed by atoms with Gasteiger partial charge in [0.25, 0.3) is 0 Å². The summed E-state index contributed by atoms with van der Waals surface area (Å²) >= 11 is 0. The molecule has 6 nitrogen and oxygen atoms in total. The Morgan fingerprint density at radius 3 is 2.50 bits per heavy atom. The number of ether oxygens (including phenoxy) is 2. The van der Waals surface area contributed by atoms with Gasteiger partial charge < -0.3 is 19.8 Å². The maximum atomic E-state index is 14.0. The van der Waals surface area contributed by atoms with E-state index in [0.29, 0.717) is 17.6 Å². The van der Waals surface area contributed by atoms with Crippen LogP contribution in [0.3, 0.4) is 0 Å². The Balaban J connectivity index is 0.000000972. The fourth-order valence-corrected chi connectivity index (χ4v) is 6.80. The molecule has 2 unspecified atom stereocenters. The molecule has 4 aliphatic rings. The molecule has 0 saturated heterocycles. The van der Waals surface area contributed by atoms with Gasteiger partial charge in [0.05, 0.1) is 12.7 Å².